The number of fused-ring (bicyclic) bond motifs is 5. The van der Waals surface area contributed by atoms with Crippen molar-refractivity contribution in [3.8, 4) is 0 Å². The zero-order chi connectivity index (χ0) is 23.4. The Balaban J connectivity index is 1.48. The normalized spacial score (nSPS) is 43.8. The van der Waals surface area contributed by atoms with Gasteiger partial charge in [-0.3, -0.25) is 0 Å². The first kappa shape index (κ1) is 24.8. The fourth-order valence-electron chi connectivity index (χ4n) is 7.86. The highest BCUT2D eigenvalue weighted by Crippen LogP contribution is 2.66. The Hall–Kier alpha value is -0.290. The van der Waals surface area contributed by atoms with Crippen molar-refractivity contribution in [1.29, 1.82) is 0 Å². The third-order valence-electron chi connectivity index (χ3n) is 9.92. The Bertz CT molecular complexity index is 767. The minimum absolute atomic E-state index is 0.233. The molecule has 3 nitrogen and oxygen atoms in total. The number of allylic oxidation sites excluding steroid dienone is 3. The van der Waals surface area contributed by atoms with Crippen molar-refractivity contribution in [2.45, 2.75) is 115 Å². The fraction of sp³-hybridized carbons (Fsp3) is 0.857. The Kier molecular flexibility index (Phi) is 6.78. The molecule has 4 heteroatoms. The van der Waals surface area contributed by atoms with E-state index in [1.165, 1.54) is 37.7 Å². The summed E-state index contributed by atoms with van der Waals surface area (Å²) in [6.45, 7) is 10.9. The van der Waals surface area contributed by atoms with Crippen LogP contribution < -0.4 is 0 Å². The van der Waals surface area contributed by atoms with Crippen molar-refractivity contribution in [3.05, 3.63) is 23.3 Å². The van der Waals surface area contributed by atoms with E-state index < -0.39 is 16.6 Å². The van der Waals surface area contributed by atoms with Crippen LogP contribution in [0.3, 0.4) is 0 Å². The summed E-state index contributed by atoms with van der Waals surface area (Å²) >= 11 is 1.61. The van der Waals surface area contributed by atoms with Gasteiger partial charge in [-0.1, -0.05) is 50.5 Å². The molecule has 0 spiro atoms. The van der Waals surface area contributed by atoms with Gasteiger partial charge in [-0.15, -0.1) is 11.8 Å². The van der Waals surface area contributed by atoms with Crippen molar-refractivity contribution < 1.29 is 15.3 Å². The molecule has 0 aromatic heterocycles. The van der Waals surface area contributed by atoms with Gasteiger partial charge < -0.3 is 15.3 Å². The molecular formula is C28H46O3S. The predicted octanol–water partition coefficient (Wildman–Crippen LogP) is 6.23. The van der Waals surface area contributed by atoms with E-state index in [4.69, 9.17) is 0 Å². The lowest BCUT2D eigenvalue weighted by atomic mass is 9.49. The lowest BCUT2D eigenvalue weighted by Gasteiger charge is -2.57. The van der Waals surface area contributed by atoms with Crippen LogP contribution in [0.2, 0.25) is 0 Å². The zero-order valence-electron chi connectivity index (χ0n) is 21.0. The Morgan fingerprint density at radius 2 is 1.84 bits per heavy atom. The highest BCUT2D eigenvalue weighted by Gasteiger charge is 2.59. The minimum atomic E-state index is -0.880. The van der Waals surface area contributed by atoms with Gasteiger partial charge in [-0.2, -0.15) is 0 Å². The van der Waals surface area contributed by atoms with Gasteiger partial charge in [0.25, 0.3) is 0 Å². The maximum absolute atomic E-state index is 11.5. The third kappa shape index (κ3) is 4.27. The van der Waals surface area contributed by atoms with Crippen LogP contribution in [0.1, 0.15) is 98.8 Å². The number of aliphatic hydroxyl groups is 3. The molecule has 0 unspecified atom stereocenters. The fourth-order valence-corrected chi connectivity index (χ4v) is 9.12. The zero-order valence-corrected chi connectivity index (χ0v) is 21.8. The quantitative estimate of drug-likeness (QED) is 0.310. The molecule has 0 aromatic rings. The van der Waals surface area contributed by atoms with Crippen molar-refractivity contribution in [1.82, 2.24) is 0 Å². The molecule has 3 fully saturated rings. The molecule has 7 atom stereocenters. The molecule has 0 saturated heterocycles. The number of thioether (sulfide) groups is 1. The molecule has 3 saturated carbocycles. The predicted molar refractivity (Wildman–Crippen MR) is 134 cm³/mol. The number of hydrogen-bond donors (Lipinski definition) is 3. The molecule has 0 radical (unpaired) electrons. The highest BCUT2D eigenvalue weighted by atomic mass is 32.2. The van der Waals surface area contributed by atoms with Gasteiger partial charge in [-0.05, 0) is 87.7 Å². The lowest BCUT2D eigenvalue weighted by Crippen LogP contribution is -2.54. The van der Waals surface area contributed by atoms with E-state index in [9.17, 15) is 15.3 Å². The lowest BCUT2D eigenvalue weighted by molar-refractivity contribution is -0.0628. The molecule has 3 N–H and O–H groups in total. The van der Waals surface area contributed by atoms with Crippen LogP contribution in [0.5, 0.6) is 0 Å². The highest BCUT2D eigenvalue weighted by molar-refractivity contribution is 8.00. The number of aliphatic hydroxyl groups excluding tert-OH is 1. The van der Waals surface area contributed by atoms with E-state index in [1.807, 2.05) is 13.8 Å². The summed E-state index contributed by atoms with van der Waals surface area (Å²) in [5, 5.41) is 32.8. The van der Waals surface area contributed by atoms with E-state index in [2.05, 4.69) is 32.9 Å². The molecule has 4 rings (SSSR count). The summed E-state index contributed by atoms with van der Waals surface area (Å²) in [6, 6.07) is 0. The maximum atomic E-state index is 11.5. The average Bonchev–Trinajstić information content (AvgIpc) is 3.04. The standard InChI is InChI=1S/C28H46O3S/c1-6-19-10-12-22-21-11-9-20-17-28(31,32-16-8-7-14-25(2,3)30)18-24(29)27(20,5)23(21)13-15-26(19,22)4/h9,11,19,22-24,29-31H,6-8,10,12-18H2,1-5H3/t19-,22-,23-,24-,26+,27-,28-/m0/s1. The molecule has 0 aromatic carbocycles. The molecule has 0 amide bonds. The monoisotopic (exact) mass is 462 g/mol. The van der Waals surface area contributed by atoms with Crippen LogP contribution in [0.15, 0.2) is 23.3 Å². The topological polar surface area (TPSA) is 60.7 Å². The summed E-state index contributed by atoms with van der Waals surface area (Å²) < 4.78 is 0. The van der Waals surface area contributed by atoms with Crippen molar-refractivity contribution in [2.75, 3.05) is 5.75 Å². The first-order valence-corrected chi connectivity index (χ1v) is 14.1. The van der Waals surface area contributed by atoms with Crippen LogP contribution >= 0.6 is 11.8 Å². The van der Waals surface area contributed by atoms with Gasteiger partial charge >= 0.3 is 0 Å². The first-order chi connectivity index (χ1) is 14.9. The van der Waals surface area contributed by atoms with E-state index in [-0.39, 0.29) is 5.41 Å². The molecule has 0 aliphatic heterocycles. The van der Waals surface area contributed by atoms with Gasteiger partial charge in [0.15, 0.2) is 0 Å². The van der Waals surface area contributed by atoms with Crippen LogP contribution in [-0.4, -0.2) is 37.7 Å². The summed E-state index contributed by atoms with van der Waals surface area (Å²) in [5.74, 6) is 2.79. The van der Waals surface area contributed by atoms with Crippen molar-refractivity contribution >= 4 is 11.8 Å². The van der Waals surface area contributed by atoms with E-state index >= 15 is 0 Å². The summed E-state index contributed by atoms with van der Waals surface area (Å²) in [6.07, 6.45) is 14.4. The minimum Gasteiger partial charge on any atom is -0.392 e. The Morgan fingerprint density at radius 1 is 1.09 bits per heavy atom. The van der Waals surface area contributed by atoms with Gasteiger partial charge in [0, 0.05) is 18.3 Å². The molecule has 4 aliphatic rings. The molecule has 32 heavy (non-hydrogen) atoms. The number of hydrogen-bond acceptors (Lipinski definition) is 4. The number of rotatable bonds is 7. The summed E-state index contributed by atoms with van der Waals surface area (Å²) in [4.78, 5) is -0.880. The first-order valence-electron chi connectivity index (χ1n) is 13.1. The largest absolute Gasteiger partial charge is 0.392 e. The summed E-state index contributed by atoms with van der Waals surface area (Å²) in [7, 11) is 0. The number of unbranched alkanes of at least 4 members (excludes halogenated alkanes) is 1. The van der Waals surface area contributed by atoms with Crippen LogP contribution in [0.4, 0.5) is 0 Å². The van der Waals surface area contributed by atoms with Crippen LogP contribution in [0.25, 0.3) is 0 Å². The average molecular weight is 463 g/mol. The molecular weight excluding hydrogens is 416 g/mol. The molecule has 0 bridgehead atoms. The van der Waals surface area contributed by atoms with Crippen molar-refractivity contribution in [3.63, 3.8) is 0 Å². The van der Waals surface area contributed by atoms with Crippen molar-refractivity contribution in [2.24, 2.45) is 28.6 Å². The second-order valence-corrected chi connectivity index (χ2v) is 13.9. The Labute approximate surface area is 200 Å². The third-order valence-corrected chi connectivity index (χ3v) is 11.3. The van der Waals surface area contributed by atoms with Gasteiger partial charge in [0.1, 0.15) is 4.93 Å². The van der Waals surface area contributed by atoms with E-state index in [1.54, 1.807) is 17.3 Å². The molecule has 182 valence electrons. The van der Waals surface area contributed by atoms with E-state index in [0.29, 0.717) is 30.1 Å². The van der Waals surface area contributed by atoms with E-state index in [0.717, 1.165) is 30.9 Å². The SMILES string of the molecule is CC[C@H]1CC[C@H]2C3=CC=C4C[C@](O)(SCCCCC(C)(C)O)C[C@H](O)[C@]4(C)[C@H]3CC[C@]12C. The maximum Gasteiger partial charge on any atom is 0.116 e. The second kappa shape index (κ2) is 8.73. The van der Waals surface area contributed by atoms with Gasteiger partial charge in [0.2, 0.25) is 0 Å². The van der Waals surface area contributed by atoms with Gasteiger partial charge in [-0.25, -0.2) is 0 Å². The van der Waals surface area contributed by atoms with Gasteiger partial charge in [0.05, 0.1) is 11.7 Å². The summed E-state index contributed by atoms with van der Waals surface area (Å²) in [5.41, 5.74) is 2.44. The second-order valence-electron chi connectivity index (χ2n) is 12.4. The Morgan fingerprint density at radius 3 is 2.53 bits per heavy atom. The van der Waals surface area contributed by atoms with Crippen LogP contribution in [-0.2, 0) is 0 Å². The molecule has 0 heterocycles. The van der Waals surface area contributed by atoms with Crippen LogP contribution in [0, 0.1) is 28.6 Å². The molecule has 4 aliphatic carbocycles. The smallest absolute Gasteiger partial charge is 0.116 e.